The monoisotopic (exact) mass is 202 g/mol. The van der Waals surface area contributed by atoms with E-state index in [1.807, 2.05) is 0 Å². The minimum absolute atomic E-state index is 0.178. The summed E-state index contributed by atoms with van der Waals surface area (Å²) in [6.07, 6.45) is -3.08. The number of rotatable bonds is 2. The molecule has 0 N–H and O–H groups in total. The van der Waals surface area contributed by atoms with Crippen molar-refractivity contribution in [3.05, 3.63) is 35.9 Å². The molecule has 0 bridgehead atoms. The Morgan fingerprint density at radius 1 is 1.36 bits per heavy atom. The number of halogens is 3. The standard InChI is InChI=1S/C10H9F3O/c1-3-8-4-5-9(7(2)6-8)14-10(11,12)13/h3-6H,1H2,2H3. The van der Waals surface area contributed by atoms with Crippen LogP contribution in [-0.4, -0.2) is 6.36 Å². The van der Waals surface area contributed by atoms with E-state index in [1.165, 1.54) is 12.1 Å². The average molecular weight is 202 g/mol. The molecule has 0 saturated carbocycles. The van der Waals surface area contributed by atoms with Crippen molar-refractivity contribution < 1.29 is 17.9 Å². The van der Waals surface area contributed by atoms with Crippen LogP contribution in [0.25, 0.3) is 6.08 Å². The molecule has 76 valence electrons. The summed E-state index contributed by atoms with van der Waals surface area (Å²) < 4.78 is 39.4. The van der Waals surface area contributed by atoms with Gasteiger partial charge in [-0.15, -0.1) is 13.2 Å². The minimum Gasteiger partial charge on any atom is -0.406 e. The van der Waals surface area contributed by atoms with Gasteiger partial charge in [-0.25, -0.2) is 0 Å². The largest absolute Gasteiger partial charge is 0.573 e. The van der Waals surface area contributed by atoms with E-state index in [4.69, 9.17) is 0 Å². The fraction of sp³-hybridized carbons (Fsp3) is 0.200. The van der Waals surface area contributed by atoms with Crippen molar-refractivity contribution >= 4 is 6.08 Å². The van der Waals surface area contributed by atoms with E-state index < -0.39 is 6.36 Å². The second-order valence-electron chi connectivity index (χ2n) is 2.78. The molecule has 14 heavy (non-hydrogen) atoms. The van der Waals surface area contributed by atoms with E-state index in [2.05, 4.69) is 11.3 Å². The summed E-state index contributed by atoms with van der Waals surface area (Å²) in [5, 5.41) is 0. The molecule has 0 radical (unpaired) electrons. The van der Waals surface area contributed by atoms with Crippen LogP contribution in [-0.2, 0) is 0 Å². The molecule has 1 aromatic rings. The highest BCUT2D eigenvalue weighted by molar-refractivity contribution is 5.51. The Balaban J connectivity index is 2.95. The summed E-state index contributed by atoms with van der Waals surface area (Å²) in [5.74, 6) is -0.178. The number of aryl methyl sites for hydroxylation is 1. The van der Waals surface area contributed by atoms with E-state index in [0.29, 0.717) is 5.56 Å². The van der Waals surface area contributed by atoms with Crippen molar-refractivity contribution in [3.8, 4) is 5.75 Å². The first-order valence-corrected chi connectivity index (χ1v) is 3.91. The van der Waals surface area contributed by atoms with E-state index in [1.54, 1.807) is 19.1 Å². The zero-order chi connectivity index (χ0) is 10.8. The third-order valence-electron chi connectivity index (χ3n) is 1.66. The third kappa shape index (κ3) is 2.80. The van der Waals surface area contributed by atoms with Crippen LogP contribution in [0.5, 0.6) is 5.75 Å². The molecule has 0 aromatic heterocycles. The molecule has 0 aliphatic carbocycles. The van der Waals surface area contributed by atoms with Crippen LogP contribution in [0.1, 0.15) is 11.1 Å². The lowest BCUT2D eigenvalue weighted by Crippen LogP contribution is -2.17. The molecular weight excluding hydrogens is 193 g/mol. The fourth-order valence-corrected chi connectivity index (χ4v) is 1.04. The van der Waals surface area contributed by atoms with Gasteiger partial charge in [-0.05, 0) is 30.2 Å². The lowest BCUT2D eigenvalue weighted by Gasteiger charge is -2.11. The zero-order valence-corrected chi connectivity index (χ0v) is 7.56. The average Bonchev–Trinajstić information content (AvgIpc) is 2.06. The molecule has 0 aliphatic heterocycles. The molecule has 0 unspecified atom stereocenters. The predicted molar refractivity (Wildman–Crippen MR) is 48.0 cm³/mol. The molecule has 0 atom stereocenters. The predicted octanol–water partition coefficient (Wildman–Crippen LogP) is 3.54. The van der Waals surface area contributed by atoms with E-state index in [9.17, 15) is 13.2 Å². The number of ether oxygens (including phenoxy) is 1. The summed E-state index contributed by atoms with van der Waals surface area (Å²) in [6.45, 7) is 5.06. The Morgan fingerprint density at radius 3 is 2.43 bits per heavy atom. The number of hydrogen-bond donors (Lipinski definition) is 0. The second kappa shape index (κ2) is 3.74. The van der Waals surface area contributed by atoms with Gasteiger partial charge < -0.3 is 4.74 Å². The highest BCUT2D eigenvalue weighted by atomic mass is 19.4. The van der Waals surface area contributed by atoms with Gasteiger partial charge in [-0.1, -0.05) is 18.7 Å². The number of benzene rings is 1. The van der Waals surface area contributed by atoms with Crippen molar-refractivity contribution in [1.29, 1.82) is 0 Å². The molecule has 1 nitrogen and oxygen atoms in total. The Bertz CT molecular complexity index is 342. The lowest BCUT2D eigenvalue weighted by atomic mass is 10.1. The van der Waals surface area contributed by atoms with Gasteiger partial charge in [0.05, 0.1) is 0 Å². The molecule has 0 fully saturated rings. The van der Waals surface area contributed by atoms with Gasteiger partial charge >= 0.3 is 6.36 Å². The van der Waals surface area contributed by atoms with Crippen LogP contribution in [0, 0.1) is 6.92 Å². The molecule has 1 aromatic carbocycles. The highest BCUT2D eigenvalue weighted by Gasteiger charge is 2.31. The topological polar surface area (TPSA) is 9.23 Å². The fourth-order valence-electron chi connectivity index (χ4n) is 1.04. The Morgan fingerprint density at radius 2 is 2.00 bits per heavy atom. The molecule has 0 aliphatic rings. The Labute approximate surface area is 79.8 Å². The van der Waals surface area contributed by atoms with Gasteiger partial charge in [0.25, 0.3) is 0 Å². The molecular formula is C10H9F3O. The van der Waals surface area contributed by atoms with E-state index >= 15 is 0 Å². The van der Waals surface area contributed by atoms with Crippen LogP contribution in [0.15, 0.2) is 24.8 Å². The van der Waals surface area contributed by atoms with E-state index in [-0.39, 0.29) is 5.75 Å². The molecule has 0 amide bonds. The smallest absolute Gasteiger partial charge is 0.406 e. The first-order valence-electron chi connectivity index (χ1n) is 3.91. The van der Waals surface area contributed by atoms with Gasteiger partial charge in [0, 0.05) is 0 Å². The minimum atomic E-state index is -4.64. The quantitative estimate of drug-likeness (QED) is 0.712. The third-order valence-corrected chi connectivity index (χ3v) is 1.66. The van der Waals surface area contributed by atoms with Crippen molar-refractivity contribution in [1.82, 2.24) is 0 Å². The number of hydrogen-bond acceptors (Lipinski definition) is 1. The van der Waals surface area contributed by atoms with Crippen LogP contribution in [0.4, 0.5) is 13.2 Å². The zero-order valence-electron chi connectivity index (χ0n) is 7.56. The van der Waals surface area contributed by atoms with Gasteiger partial charge in [-0.2, -0.15) is 0 Å². The van der Waals surface area contributed by atoms with Gasteiger partial charge in [0.1, 0.15) is 5.75 Å². The van der Waals surface area contributed by atoms with Crippen molar-refractivity contribution in [2.75, 3.05) is 0 Å². The SMILES string of the molecule is C=Cc1ccc(OC(F)(F)F)c(C)c1. The normalized spacial score (nSPS) is 11.1. The Kier molecular flexibility index (Phi) is 2.84. The summed E-state index contributed by atoms with van der Waals surface area (Å²) in [6, 6.07) is 4.37. The van der Waals surface area contributed by atoms with Crippen LogP contribution >= 0.6 is 0 Å². The maximum absolute atomic E-state index is 11.9. The van der Waals surface area contributed by atoms with Crippen LogP contribution in [0.2, 0.25) is 0 Å². The molecule has 0 spiro atoms. The van der Waals surface area contributed by atoms with Crippen LogP contribution in [0.3, 0.4) is 0 Å². The highest BCUT2D eigenvalue weighted by Crippen LogP contribution is 2.26. The van der Waals surface area contributed by atoms with Gasteiger partial charge in [-0.3, -0.25) is 0 Å². The molecule has 1 rings (SSSR count). The second-order valence-corrected chi connectivity index (χ2v) is 2.78. The first kappa shape index (κ1) is 10.6. The van der Waals surface area contributed by atoms with E-state index in [0.717, 1.165) is 5.56 Å². The van der Waals surface area contributed by atoms with Gasteiger partial charge in [0.2, 0.25) is 0 Å². The molecule has 0 heterocycles. The summed E-state index contributed by atoms with van der Waals surface area (Å²) in [5.41, 5.74) is 1.19. The van der Waals surface area contributed by atoms with Crippen molar-refractivity contribution in [2.24, 2.45) is 0 Å². The number of alkyl halides is 3. The molecule has 0 saturated heterocycles. The Hall–Kier alpha value is -1.45. The first-order chi connectivity index (χ1) is 6.42. The van der Waals surface area contributed by atoms with Crippen LogP contribution < -0.4 is 4.74 Å². The van der Waals surface area contributed by atoms with Crippen molar-refractivity contribution in [3.63, 3.8) is 0 Å². The summed E-state index contributed by atoms with van der Waals surface area (Å²) >= 11 is 0. The lowest BCUT2D eigenvalue weighted by molar-refractivity contribution is -0.274. The van der Waals surface area contributed by atoms with Gasteiger partial charge in [0.15, 0.2) is 0 Å². The maximum Gasteiger partial charge on any atom is 0.573 e. The summed E-state index contributed by atoms with van der Waals surface area (Å²) in [7, 11) is 0. The molecule has 4 heteroatoms. The maximum atomic E-state index is 11.9. The summed E-state index contributed by atoms with van der Waals surface area (Å²) in [4.78, 5) is 0. The van der Waals surface area contributed by atoms with Crippen molar-refractivity contribution in [2.45, 2.75) is 13.3 Å².